The molecular weight excluding hydrogens is 248 g/mol. The number of nitrogens with zero attached hydrogens (tertiary/aromatic N) is 1. The highest BCUT2D eigenvalue weighted by Gasteiger charge is 2.02. The molecule has 0 amide bonds. The molecule has 0 bridgehead atoms. The van der Waals surface area contributed by atoms with Crippen LogP contribution in [0.2, 0.25) is 0 Å². The first kappa shape index (κ1) is 12.5. The second-order valence-electron chi connectivity index (χ2n) is 4.88. The van der Waals surface area contributed by atoms with Crippen molar-refractivity contribution in [2.75, 3.05) is 17.6 Å². The van der Waals surface area contributed by atoms with Gasteiger partial charge in [0.1, 0.15) is 0 Å². The molecule has 0 unspecified atom stereocenters. The maximum atomic E-state index is 5.75. The first-order chi connectivity index (χ1) is 9.81. The average molecular weight is 266 g/mol. The van der Waals surface area contributed by atoms with Crippen LogP contribution in [0.4, 0.5) is 11.6 Å². The summed E-state index contributed by atoms with van der Waals surface area (Å²) in [5, 5.41) is 3.32. The fraction of sp³-hybridized carbons (Fsp3) is 0.188. The van der Waals surface area contributed by atoms with Gasteiger partial charge in [0.2, 0.25) is 5.95 Å². The van der Waals surface area contributed by atoms with Crippen molar-refractivity contribution in [1.29, 1.82) is 0 Å². The Hall–Kier alpha value is -2.49. The molecular formula is C16H18N4. The number of nitrogens with one attached hydrogen (secondary N) is 2. The van der Waals surface area contributed by atoms with Crippen molar-refractivity contribution in [3.63, 3.8) is 0 Å². The summed E-state index contributed by atoms with van der Waals surface area (Å²) in [7, 11) is 0. The predicted octanol–water partition coefficient (Wildman–Crippen LogP) is 3.19. The summed E-state index contributed by atoms with van der Waals surface area (Å²) in [6.07, 6.45) is 2.14. The minimum atomic E-state index is 0.747. The molecule has 102 valence electrons. The van der Waals surface area contributed by atoms with Crippen molar-refractivity contribution in [3.8, 4) is 0 Å². The molecule has 1 aromatic heterocycles. The van der Waals surface area contributed by atoms with Gasteiger partial charge in [0.25, 0.3) is 0 Å². The number of aromatic nitrogens is 2. The third-order valence-corrected chi connectivity index (χ3v) is 3.28. The summed E-state index contributed by atoms with van der Waals surface area (Å²) in [6.45, 7) is 0.893. The fourth-order valence-electron chi connectivity index (χ4n) is 2.25. The van der Waals surface area contributed by atoms with Gasteiger partial charge in [-0.25, -0.2) is 4.98 Å². The van der Waals surface area contributed by atoms with Crippen molar-refractivity contribution in [1.82, 2.24) is 9.97 Å². The maximum absolute atomic E-state index is 5.75. The summed E-state index contributed by atoms with van der Waals surface area (Å²) in [4.78, 5) is 7.71. The molecule has 3 rings (SSSR count). The van der Waals surface area contributed by atoms with Gasteiger partial charge in [-0.05, 0) is 36.6 Å². The lowest BCUT2D eigenvalue weighted by atomic mass is 10.1. The molecule has 0 fully saturated rings. The highest BCUT2D eigenvalue weighted by Crippen LogP contribution is 2.17. The quantitative estimate of drug-likeness (QED) is 0.491. The Balaban J connectivity index is 1.55. The number of hydrogen-bond acceptors (Lipinski definition) is 3. The summed E-state index contributed by atoms with van der Waals surface area (Å²) >= 11 is 0. The van der Waals surface area contributed by atoms with E-state index >= 15 is 0 Å². The zero-order valence-electron chi connectivity index (χ0n) is 11.3. The number of H-pyrrole nitrogens is 1. The third-order valence-electron chi connectivity index (χ3n) is 3.28. The van der Waals surface area contributed by atoms with E-state index in [0.717, 1.165) is 42.1 Å². The number of aryl methyl sites for hydroxylation is 1. The number of rotatable bonds is 5. The molecule has 0 aliphatic carbocycles. The molecule has 0 aliphatic rings. The van der Waals surface area contributed by atoms with Crippen LogP contribution in [0.3, 0.4) is 0 Å². The van der Waals surface area contributed by atoms with Gasteiger partial charge in [-0.3, -0.25) is 0 Å². The van der Waals surface area contributed by atoms with Gasteiger partial charge in [-0.15, -0.1) is 0 Å². The van der Waals surface area contributed by atoms with Crippen LogP contribution in [0.1, 0.15) is 12.0 Å². The largest absolute Gasteiger partial charge is 0.399 e. The first-order valence-electron chi connectivity index (χ1n) is 6.84. The number of nitrogen functional groups attached to an aromatic ring is 1. The molecule has 2 aromatic carbocycles. The van der Waals surface area contributed by atoms with Gasteiger partial charge in [0, 0.05) is 12.2 Å². The summed E-state index contributed by atoms with van der Waals surface area (Å²) < 4.78 is 0. The lowest BCUT2D eigenvalue weighted by molar-refractivity contribution is 0.856. The maximum Gasteiger partial charge on any atom is 0.201 e. The number of benzene rings is 2. The zero-order valence-corrected chi connectivity index (χ0v) is 11.3. The summed E-state index contributed by atoms with van der Waals surface area (Å²) in [5.74, 6) is 0.804. The van der Waals surface area contributed by atoms with Crippen LogP contribution >= 0.6 is 0 Å². The van der Waals surface area contributed by atoms with Crippen molar-refractivity contribution in [3.05, 3.63) is 54.1 Å². The monoisotopic (exact) mass is 266 g/mol. The SMILES string of the molecule is Nc1ccc2nc(NCCCc3ccccc3)[nH]c2c1. The lowest BCUT2D eigenvalue weighted by Crippen LogP contribution is -2.04. The molecule has 3 aromatic rings. The van der Waals surface area contributed by atoms with Crippen LogP contribution in [-0.2, 0) is 6.42 Å². The van der Waals surface area contributed by atoms with Crippen LogP contribution in [0.5, 0.6) is 0 Å². The molecule has 1 heterocycles. The van der Waals surface area contributed by atoms with E-state index in [-0.39, 0.29) is 0 Å². The van der Waals surface area contributed by atoms with Gasteiger partial charge in [-0.1, -0.05) is 30.3 Å². The minimum Gasteiger partial charge on any atom is -0.399 e. The highest BCUT2D eigenvalue weighted by molar-refractivity contribution is 5.80. The number of nitrogens with two attached hydrogens (primary N) is 1. The van der Waals surface area contributed by atoms with E-state index < -0.39 is 0 Å². The van der Waals surface area contributed by atoms with Gasteiger partial charge in [0.15, 0.2) is 0 Å². The van der Waals surface area contributed by atoms with Crippen LogP contribution in [0, 0.1) is 0 Å². The zero-order chi connectivity index (χ0) is 13.8. The van der Waals surface area contributed by atoms with Crippen LogP contribution < -0.4 is 11.1 Å². The smallest absolute Gasteiger partial charge is 0.201 e. The van der Waals surface area contributed by atoms with E-state index in [4.69, 9.17) is 5.73 Å². The summed E-state index contributed by atoms with van der Waals surface area (Å²) in [5.41, 5.74) is 9.77. The van der Waals surface area contributed by atoms with Crippen molar-refractivity contribution >= 4 is 22.7 Å². The molecule has 20 heavy (non-hydrogen) atoms. The lowest BCUT2D eigenvalue weighted by Gasteiger charge is -2.03. The Labute approximate surface area is 118 Å². The Morgan fingerprint density at radius 2 is 1.95 bits per heavy atom. The Morgan fingerprint density at radius 1 is 1.10 bits per heavy atom. The van der Waals surface area contributed by atoms with Crippen LogP contribution in [0.15, 0.2) is 48.5 Å². The van der Waals surface area contributed by atoms with E-state index in [1.165, 1.54) is 5.56 Å². The van der Waals surface area contributed by atoms with Crippen LogP contribution in [-0.4, -0.2) is 16.5 Å². The normalized spacial score (nSPS) is 10.8. The third kappa shape index (κ3) is 2.91. The Morgan fingerprint density at radius 3 is 2.80 bits per heavy atom. The summed E-state index contributed by atoms with van der Waals surface area (Å²) in [6, 6.07) is 16.2. The first-order valence-corrected chi connectivity index (χ1v) is 6.84. The average Bonchev–Trinajstić information content (AvgIpc) is 2.86. The number of hydrogen-bond donors (Lipinski definition) is 3. The molecule has 0 aliphatic heterocycles. The van der Waals surface area contributed by atoms with Gasteiger partial charge in [0.05, 0.1) is 11.0 Å². The standard InChI is InChI=1S/C16H18N4/c17-13-8-9-14-15(11-13)20-16(19-14)18-10-4-7-12-5-2-1-3-6-12/h1-3,5-6,8-9,11H,4,7,10,17H2,(H2,18,19,20). The van der Waals surface area contributed by atoms with Gasteiger partial charge in [-0.2, -0.15) is 0 Å². The molecule has 0 saturated heterocycles. The van der Waals surface area contributed by atoms with Crippen molar-refractivity contribution < 1.29 is 0 Å². The van der Waals surface area contributed by atoms with E-state index in [0.29, 0.717) is 0 Å². The second-order valence-corrected chi connectivity index (χ2v) is 4.88. The minimum absolute atomic E-state index is 0.747. The Bertz CT molecular complexity index is 688. The van der Waals surface area contributed by atoms with Gasteiger partial charge >= 0.3 is 0 Å². The molecule has 0 atom stereocenters. The van der Waals surface area contributed by atoms with E-state index in [1.54, 1.807) is 0 Å². The Kier molecular flexibility index (Phi) is 3.54. The topological polar surface area (TPSA) is 66.7 Å². The molecule has 0 spiro atoms. The number of imidazole rings is 1. The van der Waals surface area contributed by atoms with Crippen LogP contribution in [0.25, 0.3) is 11.0 Å². The molecule has 4 nitrogen and oxygen atoms in total. The fourth-order valence-corrected chi connectivity index (χ4v) is 2.25. The molecule has 4 heteroatoms. The van der Waals surface area contributed by atoms with E-state index in [2.05, 4.69) is 39.6 Å². The predicted molar refractivity (Wildman–Crippen MR) is 83.8 cm³/mol. The number of fused-ring (bicyclic) bond motifs is 1. The van der Waals surface area contributed by atoms with Gasteiger partial charge < -0.3 is 16.0 Å². The molecule has 0 radical (unpaired) electrons. The number of aromatic amines is 1. The second kappa shape index (κ2) is 5.65. The van der Waals surface area contributed by atoms with E-state index in [9.17, 15) is 0 Å². The highest BCUT2D eigenvalue weighted by atomic mass is 15.1. The molecule has 4 N–H and O–H groups in total. The number of anilines is 2. The van der Waals surface area contributed by atoms with Crippen molar-refractivity contribution in [2.24, 2.45) is 0 Å². The van der Waals surface area contributed by atoms with E-state index in [1.807, 2.05) is 24.3 Å². The van der Waals surface area contributed by atoms with Crippen molar-refractivity contribution in [2.45, 2.75) is 12.8 Å². The molecule has 0 saturated carbocycles.